The van der Waals surface area contributed by atoms with Gasteiger partial charge in [0, 0.05) is 25.7 Å². The zero-order valence-electron chi connectivity index (χ0n) is 12.5. The summed E-state index contributed by atoms with van der Waals surface area (Å²) in [7, 11) is 1.45. The smallest absolute Gasteiger partial charge is 0.409 e. The minimum Gasteiger partial charge on any atom is -0.453 e. The number of hydrogen-bond donors (Lipinski definition) is 1. The average molecular weight is 256 g/mol. The van der Waals surface area contributed by atoms with Crippen molar-refractivity contribution in [3.8, 4) is 0 Å². The van der Waals surface area contributed by atoms with Gasteiger partial charge in [-0.3, -0.25) is 0 Å². The summed E-state index contributed by atoms with van der Waals surface area (Å²) in [4.78, 5) is 13.5. The number of amides is 1. The predicted octanol–water partition coefficient (Wildman–Crippen LogP) is 2.49. The van der Waals surface area contributed by atoms with Gasteiger partial charge >= 0.3 is 6.09 Å². The average Bonchev–Trinajstić information content (AvgIpc) is 2.34. The van der Waals surface area contributed by atoms with Gasteiger partial charge in [0.2, 0.25) is 0 Å². The lowest BCUT2D eigenvalue weighted by molar-refractivity contribution is 0.0885. The van der Waals surface area contributed by atoms with Gasteiger partial charge in [-0.2, -0.15) is 0 Å². The molecular formula is C14H28N2O2. The summed E-state index contributed by atoms with van der Waals surface area (Å²) < 4.78 is 4.84. The fraction of sp³-hybridized carbons (Fsp3) is 0.929. The summed E-state index contributed by atoms with van der Waals surface area (Å²) in [6.45, 7) is 11.4. The van der Waals surface area contributed by atoms with Crippen molar-refractivity contribution >= 4 is 6.09 Å². The number of piperidine rings is 1. The highest BCUT2D eigenvalue weighted by molar-refractivity contribution is 5.67. The van der Waals surface area contributed by atoms with E-state index in [4.69, 9.17) is 4.74 Å². The Hall–Kier alpha value is -0.770. The van der Waals surface area contributed by atoms with E-state index in [9.17, 15) is 4.79 Å². The largest absolute Gasteiger partial charge is 0.453 e. The molecule has 0 saturated carbocycles. The first kappa shape index (κ1) is 15.3. The zero-order valence-corrected chi connectivity index (χ0v) is 12.5. The van der Waals surface area contributed by atoms with Crippen molar-refractivity contribution < 1.29 is 9.53 Å². The van der Waals surface area contributed by atoms with E-state index < -0.39 is 0 Å². The van der Waals surface area contributed by atoms with E-state index in [1.54, 1.807) is 0 Å². The van der Waals surface area contributed by atoms with E-state index >= 15 is 0 Å². The van der Waals surface area contributed by atoms with E-state index in [1.807, 2.05) is 4.90 Å². The number of carbonyl (C=O) groups is 1. The molecule has 1 fully saturated rings. The highest BCUT2D eigenvalue weighted by atomic mass is 16.5. The zero-order chi connectivity index (χ0) is 13.8. The summed E-state index contributed by atoms with van der Waals surface area (Å²) in [6, 6.07) is 0.391. The van der Waals surface area contributed by atoms with Crippen molar-refractivity contribution in [3.63, 3.8) is 0 Å². The van der Waals surface area contributed by atoms with Crippen molar-refractivity contribution in [2.75, 3.05) is 26.7 Å². The Morgan fingerprint density at radius 2 is 2.06 bits per heavy atom. The van der Waals surface area contributed by atoms with Crippen molar-refractivity contribution in [2.24, 2.45) is 11.3 Å². The SMILES string of the molecule is CCC1CC(NCC(C)(C)C)CN(C(=O)OC)C1. The summed E-state index contributed by atoms with van der Waals surface area (Å²) in [5.41, 5.74) is 0.273. The second-order valence-electron chi connectivity index (χ2n) is 6.52. The molecule has 4 nitrogen and oxygen atoms in total. The first-order valence-corrected chi connectivity index (χ1v) is 6.92. The van der Waals surface area contributed by atoms with Gasteiger partial charge in [-0.15, -0.1) is 0 Å². The van der Waals surface area contributed by atoms with Gasteiger partial charge in [-0.1, -0.05) is 34.1 Å². The number of methoxy groups -OCH3 is 1. The highest BCUT2D eigenvalue weighted by Crippen LogP contribution is 2.21. The molecule has 0 aliphatic carbocycles. The van der Waals surface area contributed by atoms with Gasteiger partial charge < -0.3 is 15.0 Å². The van der Waals surface area contributed by atoms with Crippen molar-refractivity contribution in [1.82, 2.24) is 10.2 Å². The van der Waals surface area contributed by atoms with Gasteiger partial charge in [0.1, 0.15) is 0 Å². The molecule has 0 aromatic carbocycles. The molecular weight excluding hydrogens is 228 g/mol. The monoisotopic (exact) mass is 256 g/mol. The minimum atomic E-state index is -0.198. The molecule has 106 valence electrons. The third-order valence-corrected chi connectivity index (χ3v) is 3.47. The van der Waals surface area contributed by atoms with Crippen LogP contribution in [0.4, 0.5) is 4.79 Å². The lowest BCUT2D eigenvalue weighted by atomic mass is 9.90. The summed E-state index contributed by atoms with van der Waals surface area (Å²) >= 11 is 0. The maximum atomic E-state index is 11.7. The molecule has 2 atom stereocenters. The first-order valence-electron chi connectivity index (χ1n) is 6.92. The summed E-state index contributed by atoms with van der Waals surface area (Å²) in [6.07, 6.45) is 2.07. The maximum absolute atomic E-state index is 11.7. The quantitative estimate of drug-likeness (QED) is 0.843. The van der Waals surface area contributed by atoms with E-state index in [0.29, 0.717) is 12.0 Å². The lowest BCUT2D eigenvalue weighted by Gasteiger charge is -2.38. The topological polar surface area (TPSA) is 41.6 Å². The third kappa shape index (κ3) is 4.84. The molecule has 1 aliphatic heterocycles. The van der Waals surface area contributed by atoms with Crippen LogP contribution in [0.1, 0.15) is 40.5 Å². The van der Waals surface area contributed by atoms with Gasteiger partial charge in [0.05, 0.1) is 7.11 Å². The van der Waals surface area contributed by atoms with Gasteiger partial charge in [-0.25, -0.2) is 4.79 Å². The molecule has 1 heterocycles. The molecule has 0 bridgehead atoms. The number of nitrogens with one attached hydrogen (secondary N) is 1. The molecule has 1 amide bonds. The standard InChI is InChI=1S/C14H28N2O2/c1-6-11-7-12(15-10-14(2,3)4)9-16(8-11)13(17)18-5/h11-12,15H,6-10H2,1-5H3. The van der Waals surface area contributed by atoms with Crippen LogP contribution in [0.2, 0.25) is 0 Å². The number of likely N-dealkylation sites (tertiary alicyclic amines) is 1. The van der Waals surface area contributed by atoms with Crippen LogP contribution in [0, 0.1) is 11.3 Å². The maximum Gasteiger partial charge on any atom is 0.409 e. The van der Waals surface area contributed by atoms with Gasteiger partial charge in [0.15, 0.2) is 0 Å². The Kier molecular flexibility index (Phi) is 5.45. The van der Waals surface area contributed by atoms with E-state index in [-0.39, 0.29) is 11.5 Å². The van der Waals surface area contributed by atoms with Crippen LogP contribution >= 0.6 is 0 Å². The molecule has 4 heteroatoms. The molecule has 18 heavy (non-hydrogen) atoms. The number of nitrogens with zero attached hydrogens (tertiary/aromatic N) is 1. The molecule has 0 aromatic heterocycles. The van der Waals surface area contributed by atoms with E-state index in [2.05, 4.69) is 33.0 Å². The van der Waals surface area contributed by atoms with Crippen LogP contribution in [-0.4, -0.2) is 43.8 Å². The molecule has 1 rings (SSSR count). The molecule has 2 unspecified atom stereocenters. The summed E-state index contributed by atoms with van der Waals surface area (Å²) in [5.74, 6) is 0.579. The van der Waals surface area contributed by atoms with Crippen molar-refractivity contribution in [3.05, 3.63) is 0 Å². The number of carbonyl (C=O) groups excluding carboxylic acids is 1. The van der Waals surface area contributed by atoms with Crippen LogP contribution in [0.5, 0.6) is 0 Å². The van der Waals surface area contributed by atoms with Crippen LogP contribution in [0.25, 0.3) is 0 Å². The normalized spacial score (nSPS) is 25.1. The first-order chi connectivity index (χ1) is 8.35. The fourth-order valence-electron chi connectivity index (χ4n) is 2.38. The predicted molar refractivity (Wildman–Crippen MR) is 73.6 cm³/mol. The van der Waals surface area contributed by atoms with Crippen LogP contribution in [0.3, 0.4) is 0 Å². The second kappa shape index (κ2) is 6.41. The summed E-state index contributed by atoms with van der Waals surface area (Å²) in [5, 5.41) is 3.59. The van der Waals surface area contributed by atoms with Crippen LogP contribution in [-0.2, 0) is 4.74 Å². The molecule has 1 N–H and O–H groups in total. The number of hydrogen-bond acceptors (Lipinski definition) is 3. The third-order valence-electron chi connectivity index (χ3n) is 3.47. The van der Waals surface area contributed by atoms with Crippen molar-refractivity contribution in [1.29, 1.82) is 0 Å². The Labute approximate surface area is 111 Å². The van der Waals surface area contributed by atoms with Gasteiger partial charge in [0.25, 0.3) is 0 Å². The minimum absolute atomic E-state index is 0.198. The molecule has 0 spiro atoms. The van der Waals surface area contributed by atoms with Gasteiger partial charge in [-0.05, 0) is 17.8 Å². The highest BCUT2D eigenvalue weighted by Gasteiger charge is 2.29. The Bertz CT molecular complexity index is 273. The second-order valence-corrected chi connectivity index (χ2v) is 6.52. The van der Waals surface area contributed by atoms with Crippen LogP contribution in [0.15, 0.2) is 0 Å². The Morgan fingerprint density at radius 3 is 2.56 bits per heavy atom. The van der Waals surface area contributed by atoms with Crippen LogP contribution < -0.4 is 5.32 Å². The Morgan fingerprint density at radius 1 is 1.39 bits per heavy atom. The Balaban J connectivity index is 2.54. The fourth-order valence-corrected chi connectivity index (χ4v) is 2.38. The molecule has 1 aliphatic rings. The molecule has 0 radical (unpaired) electrons. The van der Waals surface area contributed by atoms with E-state index in [0.717, 1.165) is 32.5 Å². The van der Waals surface area contributed by atoms with E-state index in [1.165, 1.54) is 7.11 Å². The number of rotatable bonds is 3. The molecule has 0 aromatic rings. The number of ether oxygens (including phenoxy) is 1. The van der Waals surface area contributed by atoms with Crippen molar-refractivity contribution in [2.45, 2.75) is 46.6 Å². The lowest BCUT2D eigenvalue weighted by Crippen LogP contribution is -2.52. The molecule has 1 saturated heterocycles.